The maximum absolute atomic E-state index is 10.4. The first-order chi connectivity index (χ1) is 10.7. The quantitative estimate of drug-likeness (QED) is 0.748. The molecule has 0 saturated heterocycles. The molecule has 3 aromatic rings. The summed E-state index contributed by atoms with van der Waals surface area (Å²) in [4.78, 5) is 0. The summed E-state index contributed by atoms with van der Waals surface area (Å²) < 4.78 is 5.75. The van der Waals surface area contributed by atoms with Crippen LogP contribution in [0, 0.1) is 6.92 Å². The van der Waals surface area contributed by atoms with Crippen LogP contribution >= 0.6 is 0 Å². The van der Waals surface area contributed by atoms with Gasteiger partial charge in [0.25, 0.3) is 0 Å². The summed E-state index contributed by atoms with van der Waals surface area (Å²) in [7, 11) is 0. The number of aryl methyl sites for hydroxylation is 1. The first kappa shape index (κ1) is 14.4. The van der Waals surface area contributed by atoms with Gasteiger partial charge in [0.1, 0.15) is 11.5 Å². The van der Waals surface area contributed by atoms with Crippen molar-refractivity contribution in [3.05, 3.63) is 84.4 Å². The van der Waals surface area contributed by atoms with Gasteiger partial charge in [-0.2, -0.15) is 0 Å². The SMILES string of the molecule is Cc1ccc(B(O)c2ccc(Oc3ccccc3)cc2)cc1. The standard InChI is InChI=1S/C19H17BO2/c1-15-7-9-16(10-8-15)20(21)17-11-13-19(14-12-17)22-18-5-3-2-4-6-18/h2-14,21H,1H3. The second-order valence-corrected chi connectivity index (χ2v) is 5.30. The van der Waals surface area contributed by atoms with Gasteiger partial charge in [0.2, 0.25) is 0 Å². The first-order valence-corrected chi connectivity index (χ1v) is 7.30. The van der Waals surface area contributed by atoms with Crippen LogP contribution in [0.1, 0.15) is 5.56 Å². The van der Waals surface area contributed by atoms with Crippen molar-refractivity contribution in [2.24, 2.45) is 0 Å². The van der Waals surface area contributed by atoms with Crippen molar-refractivity contribution < 1.29 is 9.76 Å². The minimum absolute atomic E-state index is 0.619. The number of rotatable bonds is 4. The molecule has 0 heterocycles. The molecule has 0 aliphatic rings. The highest BCUT2D eigenvalue weighted by molar-refractivity contribution is 6.78. The van der Waals surface area contributed by atoms with Crippen LogP contribution in [-0.2, 0) is 0 Å². The van der Waals surface area contributed by atoms with Gasteiger partial charge >= 0.3 is 6.92 Å². The molecule has 0 aliphatic heterocycles. The maximum Gasteiger partial charge on any atom is 0.358 e. The van der Waals surface area contributed by atoms with Crippen molar-refractivity contribution in [1.29, 1.82) is 0 Å². The Morgan fingerprint density at radius 1 is 0.682 bits per heavy atom. The summed E-state index contributed by atoms with van der Waals surface area (Å²) in [6, 6.07) is 25.1. The number of hydrogen-bond acceptors (Lipinski definition) is 2. The van der Waals surface area contributed by atoms with Crippen LogP contribution in [0.3, 0.4) is 0 Å². The molecule has 2 nitrogen and oxygen atoms in total. The van der Waals surface area contributed by atoms with E-state index in [4.69, 9.17) is 4.74 Å². The summed E-state index contributed by atoms with van der Waals surface area (Å²) in [5, 5.41) is 10.4. The molecule has 0 fully saturated rings. The first-order valence-electron chi connectivity index (χ1n) is 7.30. The Bertz CT molecular complexity index is 722. The highest BCUT2D eigenvalue weighted by Gasteiger charge is 2.16. The van der Waals surface area contributed by atoms with Gasteiger partial charge in [0, 0.05) is 0 Å². The molecule has 1 N–H and O–H groups in total. The van der Waals surface area contributed by atoms with Crippen LogP contribution in [0.2, 0.25) is 0 Å². The Morgan fingerprint density at radius 2 is 1.18 bits per heavy atom. The van der Waals surface area contributed by atoms with Gasteiger partial charge in [0.05, 0.1) is 0 Å². The van der Waals surface area contributed by atoms with Gasteiger partial charge in [-0.3, -0.25) is 0 Å². The molecule has 0 aliphatic carbocycles. The topological polar surface area (TPSA) is 29.5 Å². The van der Waals surface area contributed by atoms with Crippen molar-refractivity contribution >= 4 is 17.8 Å². The van der Waals surface area contributed by atoms with Gasteiger partial charge < -0.3 is 9.76 Å². The number of ether oxygens (including phenoxy) is 1. The third-order valence-corrected chi connectivity index (χ3v) is 3.57. The van der Waals surface area contributed by atoms with Crippen LogP contribution in [-0.4, -0.2) is 11.9 Å². The molecule has 3 rings (SSSR count). The highest BCUT2D eigenvalue weighted by Crippen LogP contribution is 2.19. The zero-order valence-electron chi connectivity index (χ0n) is 12.4. The monoisotopic (exact) mass is 288 g/mol. The fraction of sp³-hybridized carbons (Fsp3) is 0.0526. The lowest BCUT2D eigenvalue weighted by Gasteiger charge is -2.10. The average Bonchev–Trinajstić information content (AvgIpc) is 2.57. The predicted molar refractivity (Wildman–Crippen MR) is 91.4 cm³/mol. The molecule has 3 aromatic carbocycles. The van der Waals surface area contributed by atoms with Gasteiger partial charge in [0.15, 0.2) is 0 Å². The Kier molecular flexibility index (Phi) is 4.26. The van der Waals surface area contributed by atoms with Crippen LogP contribution < -0.4 is 15.7 Å². The number of para-hydroxylation sites is 1. The van der Waals surface area contributed by atoms with E-state index in [1.54, 1.807) is 0 Å². The minimum Gasteiger partial charge on any atom is -0.457 e. The van der Waals surface area contributed by atoms with E-state index < -0.39 is 6.92 Å². The Labute approximate surface area is 131 Å². The van der Waals surface area contributed by atoms with Crippen molar-refractivity contribution in [2.45, 2.75) is 6.92 Å². The molecule has 22 heavy (non-hydrogen) atoms. The van der Waals surface area contributed by atoms with Crippen molar-refractivity contribution in [2.75, 3.05) is 0 Å². The fourth-order valence-corrected chi connectivity index (χ4v) is 2.28. The predicted octanol–water partition coefficient (Wildman–Crippen LogP) is 2.89. The summed E-state index contributed by atoms with van der Waals surface area (Å²) >= 11 is 0. The van der Waals surface area contributed by atoms with E-state index in [0.717, 1.165) is 22.4 Å². The van der Waals surface area contributed by atoms with Gasteiger partial charge in [-0.25, -0.2) is 0 Å². The van der Waals surface area contributed by atoms with Crippen LogP contribution in [0.4, 0.5) is 0 Å². The molecule has 0 unspecified atom stereocenters. The second kappa shape index (κ2) is 6.50. The summed E-state index contributed by atoms with van der Waals surface area (Å²) in [6.45, 7) is 1.41. The molecule has 0 amide bonds. The van der Waals surface area contributed by atoms with Gasteiger partial charge in [-0.05, 0) is 42.1 Å². The normalized spacial score (nSPS) is 10.3. The fourth-order valence-electron chi connectivity index (χ4n) is 2.28. The van der Waals surface area contributed by atoms with Crippen molar-refractivity contribution in [1.82, 2.24) is 0 Å². The molecule has 0 radical (unpaired) electrons. The lowest BCUT2D eigenvalue weighted by molar-refractivity contribution is 0.483. The lowest BCUT2D eigenvalue weighted by Crippen LogP contribution is -2.42. The zero-order chi connectivity index (χ0) is 15.4. The molecule has 0 aromatic heterocycles. The van der Waals surface area contributed by atoms with Crippen LogP contribution in [0.25, 0.3) is 0 Å². The third kappa shape index (κ3) is 3.38. The van der Waals surface area contributed by atoms with Gasteiger partial charge in [-0.15, -0.1) is 0 Å². The third-order valence-electron chi connectivity index (χ3n) is 3.57. The minimum atomic E-state index is -0.619. The smallest absolute Gasteiger partial charge is 0.358 e. The highest BCUT2D eigenvalue weighted by atomic mass is 16.5. The van der Waals surface area contributed by atoms with Crippen molar-refractivity contribution in [3.8, 4) is 11.5 Å². The van der Waals surface area contributed by atoms with E-state index in [2.05, 4.69) is 0 Å². The number of hydrogen-bond donors (Lipinski definition) is 1. The molecular weight excluding hydrogens is 271 g/mol. The van der Waals surface area contributed by atoms with Crippen LogP contribution in [0.5, 0.6) is 11.5 Å². The summed E-state index contributed by atoms with van der Waals surface area (Å²) in [6.07, 6.45) is 0. The van der Waals surface area contributed by atoms with E-state index in [-0.39, 0.29) is 0 Å². The van der Waals surface area contributed by atoms with Crippen LogP contribution in [0.15, 0.2) is 78.9 Å². The van der Waals surface area contributed by atoms with Crippen molar-refractivity contribution in [3.63, 3.8) is 0 Å². The zero-order valence-corrected chi connectivity index (χ0v) is 12.4. The number of benzene rings is 3. The molecule has 108 valence electrons. The van der Waals surface area contributed by atoms with E-state index in [1.807, 2.05) is 85.8 Å². The molecule has 0 spiro atoms. The molecule has 3 heteroatoms. The Hall–Kier alpha value is -2.52. The molecule has 0 atom stereocenters. The summed E-state index contributed by atoms with van der Waals surface area (Å²) in [5.41, 5.74) is 2.93. The van der Waals surface area contributed by atoms with E-state index in [9.17, 15) is 5.02 Å². The van der Waals surface area contributed by atoms with Gasteiger partial charge in [-0.1, -0.05) is 60.2 Å². The van der Waals surface area contributed by atoms with E-state index in [1.165, 1.54) is 5.56 Å². The molecule has 0 bridgehead atoms. The average molecular weight is 288 g/mol. The second-order valence-electron chi connectivity index (χ2n) is 5.30. The Morgan fingerprint density at radius 3 is 1.77 bits per heavy atom. The Balaban J connectivity index is 1.75. The molecular formula is C19H17BO2. The maximum atomic E-state index is 10.4. The van der Waals surface area contributed by atoms with E-state index >= 15 is 0 Å². The lowest BCUT2D eigenvalue weighted by atomic mass is 9.56. The molecule has 0 saturated carbocycles. The largest absolute Gasteiger partial charge is 0.457 e. The summed E-state index contributed by atoms with van der Waals surface area (Å²) in [5.74, 6) is 1.56. The van der Waals surface area contributed by atoms with E-state index in [0.29, 0.717) is 0 Å².